The van der Waals surface area contributed by atoms with Crippen molar-refractivity contribution in [3.05, 3.63) is 59.7 Å². The predicted octanol–water partition coefficient (Wildman–Crippen LogP) is 2.44. The van der Waals surface area contributed by atoms with Gasteiger partial charge in [0.25, 0.3) is 0 Å². The summed E-state index contributed by atoms with van der Waals surface area (Å²) < 4.78 is 5.53. The summed E-state index contributed by atoms with van der Waals surface area (Å²) in [5, 5.41) is 14.7. The average molecular weight is 452 g/mol. The number of hydrogen-bond acceptors (Lipinski definition) is 5. The summed E-state index contributed by atoms with van der Waals surface area (Å²) in [7, 11) is 3.49. The van der Waals surface area contributed by atoms with Gasteiger partial charge in [0.15, 0.2) is 0 Å². The van der Waals surface area contributed by atoms with Crippen molar-refractivity contribution in [2.75, 3.05) is 33.8 Å². The summed E-state index contributed by atoms with van der Waals surface area (Å²) in [4.78, 5) is 38.3. The molecule has 0 radical (unpaired) electrons. The molecule has 1 saturated carbocycles. The van der Waals surface area contributed by atoms with Gasteiger partial charge in [0, 0.05) is 19.0 Å². The number of ether oxygens (including phenoxy) is 1. The molecule has 1 atom stereocenters. The fourth-order valence-corrected chi connectivity index (χ4v) is 4.39. The number of aliphatic carboxylic acids is 1. The predicted molar refractivity (Wildman–Crippen MR) is 123 cm³/mol. The Morgan fingerprint density at radius 2 is 1.64 bits per heavy atom. The van der Waals surface area contributed by atoms with Gasteiger partial charge in [-0.15, -0.1) is 0 Å². The highest BCUT2D eigenvalue weighted by Crippen LogP contribution is 2.46. The van der Waals surface area contributed by atoms with E-state index in [-0.39, 0.29) is 31.5 Å². The lowest BCUT2D eigenvalue weighted by Gasteiger charge is -2.22. The van der Waals surface area contributed by atoms with Crippen LogP contribution in [0.3, 0.4) is 0 Å². The maximum atomic E-state index is 12.7. The van der Waals surface area contributed by atoms with Gasteiger partial charge in [-0.3, -0.25) is 4.79 Å². The molecule has 0 bridgehead atoms. The van der Waals surface area contributed by atoms with Crippen LogP contribution in [0.15, 0.2) is 48.5 Å². The molecule has 0 saturated heterocycles. The highest BCUT2D eigenvalue weighted by atomic mass is 16.5. The van der Waals surface area contributed by atoms with Crippen molar-refractivity contribution in [2.24, 2.45) is 5.41 Å². The molecule has 1 fully saturated rings. The minimum atomic E-state index is -1.09. The van der Waals surface area contributed by atoms with Crippen LogP contribution in [0.1, 0.15) is 29.9 Å². The van der Waals surface area contributed by atoms with Crippen LogP contribution in [0.4, 0.5) is 4.79 Å². The Morgan fingerprint density at radius 1 is 1.06 bits per heavy atom. The first kappa shape index (κ1) is 22.8. The summed E-state index contributed by atoms with van der Waals surface area (Å²) in [6.07, 6.45) is 0.604. The zero-order valence-electron chi connectivity index (χ0n) is 18.8. The van der Waals surface area contributed by atoms with E-state index < -0.39 is 23.5 Å². The van der Waals surface area contributed by atoms with E-state index in [4.69, 9.17) is 4.74 Å². The van der Waals surface area contributed by atoms with Crippen molar-refractivity contribution in [3.63, 3.8) is 0 Å². The van der Waals surface area contributed by atoms with Crippen molar-refractivity contribution in [3.8, 4) is 11.1 Å². The number of hydrogen-bond donors (Lipinski definition) is 3. The van der Waals surface area contributed by atoms with Crippen LogP contribution in [0.25, 0.3) is 11.1 Å². The van der Waals surface area contributed by atoms with Crippen molar-refractivity contribution in [1.29, 1.82) is 0 Å². The molecule has 2 aromatic carbocycles. The topological polar surface area (TPSA) is 108 Å². The molecular weight excluding hydrogens is 422 g/mol. The first-order chi connectivity index (χ1) is 15.8. The van der Waals surface area contributed by atoms with Crippen molar-refractivity contribution in [1.82, 2.24) is 15.5 Å². The van der Waals surface area contributed by atoms with Crippen molar-refractivity contribution < 1.29 is 24.2 Å². The molecule has 3 N–H and O–H groups in total. The minimum absolute atomic E-state index is 0.0382. The number of nitrogens with one attached hydrogen (secondary N) is 2. The molecule has 2 aromatic rings. The maximum absolute atomic E-state index is 12.7. The van der Waals surface area contributed by atoms with Crippen LogP contribution in [-0.2, 0) is 14.3 Å². The summed E-state index contributed by atoms with van der Waals surface area (Å²) in [6.45, 7) is 0.504. The third-order valence-corrected chi connectivity index (χ3v) is 6.40. The lowest BCUT2D eigenvalue weighted by Crippen LogP contribution is -2.51. The molecule has 0 aliphatic heterocycles. The largest absolute Gasteiger partial charge is 0.480 e. The molecule has 174 valence electrons. The first-order valence-electron chi connectivity index (χ1n) is 11.1. The fraction of sp³-hybridized carbons (Fsp3) is 0.400. The van der Waals surface area contributed by atoms with Crippen LogP contribution in [0.5, 0.6) is 0 Å². The lowest BCUT2D eigenvalue weighted by molar-refractivity contribution is -0.143. The molecular formula is C25H29N3O5. The van der Waals surface area contributed by atoms with Crippen LogP contribution in [-0.4, -0.2) is 67.8 Å². The Labute approximate surface area is 192 Å². The van der Waals surface area contributed by atoms with E-state index in [2.05, 4.69) is 34.9 Å². The molecule has 33 heavy (non-hydrogen) atoms. The Morgan fingerprint density at radius 3 is 2.15 bits per heavy atom. The number of alkyl carbamates (subject to hydrolysis) is 1. The standard InChI is InChI=1S/C25H29N3O5/c1-28(2)13-21(22(29)30)27-23(31)25(11-12-25)15-26-24(32)33-14-20-18-9-5-3-7-16(18)17-8-4-6-10-19(17)20/h3-10,20-21H,11-15H2,1-2H3,(H,26,32)(H,27,31)(H,29,30). The van der Waals surface area contributed by atoms with Gasteiger partial charge in [-0.1, -0.05) is 48.5 Å². The van der Waals surface area contributed by atoms with Crippen LogP contribution in [0, 0.1) is 5.41 Å². The molecule has 2 amide bonds. The zero-order valence-corrected chi connectivity index (χ0v) is 18.8. The number of likely N-dealkylation sites (N-methyl/N-ethyl adjacent to an activating group) is 1. The number of nitrogens with zero attached hydrogens (tertiary/aromatic N) is 1. The number of benzene rings is 2. The van der Waals surface area contributed by atoms with Gasteiger partial charge in [0.05, 0.1) is 5.41 Å². The van der Waals surface area contributed by atoms with Crippen LogP contribution < -0.4 is 10.6 Å². The molecule has 1 unspecified atom stereocenters. The van der Waals surface area contributed by atoms with E-state index in [0.717, 1.165) is 22.3 Å². The average Bonchev–Trinajstić information content (AvgIpc) is 3.52. The Kier molecular flexibility index (Phi) is 6.37. The fourth-order valence-electron chi connectivity index (χ4n) is 4.39. The Balaban J connectivity index is 1.32. The second kappa shape index (κ2) is 9.23. The number of carbonyl (C=O) groups excluding carboxylic acids is 2. The SMILES string of the molecule is CN(C)CC(NC(=O)C1(CNC(=O)OCC2c3ccccc3-c3ccccc32)CC1)C(=O)O. The molecule has 2 aliphatic rings. The number of amides is 2. The monoisotopic (exact) mass is 451 g/mol. The normalized spacial score (nSPS) is 16.5. The lowest BCUT2D eigenvalue weighted by atomic mass is 9.98. The van der Waals surface area contributed by atoms with E-state index in [1.54, 1.807) is 19.0 Å². The van der Waals surface area contributed by atoms with Crippen LogP contribution in [0.2, 0.25) is 0 Å². The second-order valence-electron chi connectivity index (χ2n) is 9.09. The molecule has 2 aliphatic carbocycles. The number of carboxylic acid groups (broad SMARTS) is 1. The number of fused-ring (bicyclic) bond motifs is 3. The highest BCUT2D eigenvalue weighted by molar-refractivity contribution is 5.90. The summed E-state index contributed by atoms with van der Waals surface area (Å²) in [5.41, 5.74) is 3.80. The first-order valence-corrected chi connectivity index (χ1v) is 11.1. The third-order valence-electron chi connectivity index (χ3n) is 6.40. The number of carbonyl (C=O) groups is 3. The molecule has 8 nitrogen and oxygen atoms in total. The Hall–Kier alpha value is -3.39. The van der Waals surface area contributed by atoms with E-state index >= 15 is 0 Å². The van der Waals surface area contributed by atoms with Gasteiger partial charge in [-0.25, -0.2) is 9.59 Å². The van der Waals surface area contributed by atoms with E-state index in [0.29, 0.717) is 12.8 Å². The van der Waals surface area contributed by atoms with E-state index in [9.17, 15) is 19.5 Å². The van der Waals surface area contributed by atoms with Gasteiger partial charge in [0.1, 0.15) is 12.6 Å². The van der Waals surface area contributed by atoms with E-state index in [1.807, 2.05) is 24.3 Å². The zero-order chi connectivity index (χ0) is 23.6. The Bertz CT molecular complexity index is 1020. The third kappa shape index (κ3) is 4.85. The van der Waals surface area contributed by atoms with Gasteiger partial charge in [-0.05, 0) is 49.2 Å². The molecule has 0 aromatic heterocycles. The molecule has 0 spiro atoms. The van der Waals surface area contributed by atoms with Gasteiger partial charge in [0.2, 0.25) is 5.91 Å². The van der Waals surface area contributed by atoms with E-state index in [1.165, 1.54) is 0 Å². The van der Waals surface area contributed by atoms with Gasteiger partial charge < -0.3 is 25.4 Å². The summed E-state index contributed by atoms with van der Waals surface area (Å²) in [5.74, 6) is -1.48. The quantitative estimate of drug-likeness (QED) is 0.541. The van der Waals surface area contributed by atoms with Crippen molar-refractivity contribution in [2.45, 2.75) is 24.8 Å². The van der Waals surface area contributed by atoms with Gasteiger partial charge in [-0.2, -0.15) is 0 Å². The maximum Gasteiger partial charge on any atom is 0.407 e. The minimum Gasteiger partial charge on any atom is -0.480 e. The van der Waals surface area contributed by atoms with Crippen LogP contribution >= 0.6 is 0 Å². The highest BCUT2D eigenvalue weighted by Gasteiger charge is 2.50. The summed E-state index contributed by atoms with van der Waals surface area (Å²) >= 11 is 0. The number of rotatable bonds is 9. The smallest absolute Gasteiger partial charge is 0.407 e. The molecule has 8 heteroatoms. The number of carboxylic acids is 1. The van der Waals surface area contributed by atoms with Gasteiger partial charge >= 0.3 is 12.1 Å². The molecule has 4 rings (SSSR count). The second-order valence-corrected chi connectivity index (χ2v) is 9.09. The molecule has 0 heterocycles. The summed E-state index contributed by atoms with van der Waals surface area (Å²) in [6, 6.07) is 15.2. The van der Waals surface area contributed by atoms with Crippen molar-refractivity contribution >= 4 is 18.0 Å².